The topological polar surface area (TPSA) is 40.5 Å². The van der Waals surface area contributed by atoms with Crippen LogP contribution in [0.3, 0.4) is 0 Å². The van der Waals surface area contributed by atoms with Gasteiger partial charge in [-0.3, -0.25) is 0 Å². The molecule has 2 rings (SSSR count). The summed E-state index contributed by atoms with van der Waals surface area (Å²) in [6.45, 7) is 17.5. The summed E-state index contributed by atoms with van der Waals surface area (Å²) in [5.41, 5.74) is 6.77. The molecular formula is C29H44O2. The zero-order valence-electron chi connectivity index (χ0n) is 21.0. The molecule has 0 aliphatic heterocycles. The summed E-state index contributed by atoms with van der Waals surface area (Å²) in [6.07, 6.45) is 4.85. The number of rotatable bonds is 10. The van der Waals surface area contributed by atoms with Crippen molar-refractivity contribution >= 4 is 0 Å². The van der Waals surface area contributed by atoms with Gasteiger partial charge in [0.2, 0.25) is 0 Å². The van der Waals surface area contributed by atoms with Crippen molar-refractivity contribution < 1.29 is 10.2 Å². The lowest BCUT2D eigenvalue weighted by Crippen LogP contribution is -2.04. The Morgan fingerprint density at radius 2 is 0.742 bits per heavy atom. The minimum absolute atomic E-state index is 0.328. The summed E-state index contributed by atoms with van der Waals surface area (Å²) in [4.78, 5) is 0. The van der Waals surface area contributed by atoms with Gasteiger partial charge in [0, 0.05) is 0 Å². The number of hydrogen-bond donors (Lipinski definition) is 2. The Labute approximate surface area is 190 Å². The van der Waals surface area contributed by atoms with Crippen molar-refractivity contribution in [3.05, 3.63) is 57.6 Å². The van der Waals surface area contributed by atoms with E-state index in [1.165, 1.54) is 11.1 Å². The molecule has 2 N–H and O–H groups in total. The van der Waals surface area contributed by atoms with Crippen LogP contribution in [0.25, 0.3) is 0 Å². The van der Waals surface area contributed by atoms with Crippen LogP contribution in [0.2, 0.25) is 0 Å². The van der Waals surface area contributed by atoms with Gasteiger partial charge in [-0.15, -0.1) is 0 Å². The first-order chi connectivity index (χ1) is 14.7. The summed E-state index contributed by atoms with van der Waals surface area (Å²) in [5, 5.41) is 22.0. The predicted molar refractivity (Wildman–Crippen MR) is 134 cm³/mol. The molecule has 0 saturated carbocycles. The largest absolute Gasteiger partial charge is 0.507 e. The maximum Gasteiger partial charge on any atom is 0.122 e. The molecule has 172 valence electrons. The highest BCUT2D eigenvalue weighted by atomic mass is 16.3. The van der Waals surface area contributed by atoms with Gasteiger partial charge in [-0.25, -0.2) is 0 Å². The fourth-order valence-corrected chi connectivity index (χ4v) is 4.31. The Morgan fingerprint density at radius 1 is 0.516 bits per heavy atom. The van der Waals surface area contributed by atoms with Crippen molar-refractivity contribution in [3.8, 4) is 11.5 Å². The van der Waals surface area contributed by atoms with Crippen molar-refractivity contribution in [1.29, 1.82) is 0 Å². The highest BCUT2D eigenvalue weighted by Gasteiger charge is 2.20. The average molecular weight is 425 g/mol. The maximum absolute atomic E-state index is 11.0. The Balaban J connectivity index is 2.61. The van der Waals surface area contributed by atoms with E-state index in [-0.39, 0.29) is 0 Å². The van der Waals surface area contributed by atoms with E-state index in [2.05, 4.69) is 79.7 Å². The number of benzene rings is 2. The van der Waals surface area contributed by atoms with Crippen LogP contribution in [0, 0.1) is 0 Å². The van der Waals surface area contributed by atoms with E-state index in [1.807, 2.05) is 0 Å². The Bertz CT molecular complexity index is 734. The SMILES string of the molecule is CCC(C)c1cc(Cc2cc(C(C)CC)c(O)c(C(C)CC)c2)cc(C(C)CC)c1O. The molecule has 0 aliphatic rings. The predicted octanol–water partition coefficient (Wildman–Crippen LogP) is 8.74. The molecule has 0 fully saturated rings. The first-order valence-corrected chi connectivity index (χ1v) is 12.4. The smallest absolute Gasteiger partial charge is 0.122 e. The van der Waals surface area contributed by atoms with Gasteiger partial charge in [-0.05, 0) is 89.2 Å². The van der Waals surface area contributed by atoms with Gasteiger partial charge in [0.05, 0.1) is 0 Å². The van der Waals surface area contributed by atoms with Crippen LogP contribution in [-0.2, 0) is 6.42 Å². The van der Waals surface area contributed by atoms with Crippen molar-refractivity contribution in [2.75, 3.05) is 0 Å². The molecule has 0 amide bonds. The monoisotopic (exact) mass is 424 g/mol. The second kappa shape index (κ2) is 11.1. The lowest BCUT2D eigenvalue weighted by molar-refractivity contribution is 0.448. The molecule has 31 heavy (non-hydrogen) atoms. The van der Waals surface area contributed by atoms with E-state index in [0.29, 0.717) is 35.2 Å². The molecule has 4 unspecified atom stereocenters. The third kappa shape index (κ3) is 5.64. The number of phenolic OH excluding ortho intramolecular Hbond substituents is 2. The van der Waals surface area contributed by atoms with Crippen molar-refractivity contribution in [2.24, 2.45) is 0 Å². The van der Waals surface area contributed by atoms with E-state index in [0.717, 1.165) is 54.4 Å². The van der Waals surface area contributed by atoms with Crippen molar-refractivity contribution in [3.63, 3.8) is 0 Å². The second-order valence-corrected chi connectivity index (χ2v) is 9.66. The van der Waals surface area contributed by atoms with Gasteiger partial charge in [0.25, 0.3) is 0 Å². The van der Waals surface area contributed by atoms with Gasteiger partial charge in [-0.2, -0.15) is 0 Å². The molecular weight excluding hydrogens is 380 g/mol. The third-order valence-corrected chi connectivity index (χ3v) is 7.44. The third-order valence-electron chi connectivity index (χ3n) is 7.44. The van der Waals surface area contributed by atoms with E-state index < -0.39 is 0 Å². The normalized spacial score (nSPS) is 15.5. The van der Waals surface area contributed by atoms with E-state index in [4.69, 9.17) is 0 Å². The lowest BCUT2D eigenvalue weighted by Gasteiger charge is -2.22. The fourth-order valence-electron chi connectivity index (χ4n) is 4.31. The quantitative estimate of drug-likeness (QED) is 0.400. The van der Waals surface area contributed by atoms with Gasteiger partial charge >= 0.3 is 0 Å². The van der Waals surface area contributed by atoms with Gasteiger partial charge in [0.1, 0.15) is 11.5 Å². The first kappa shape index (κ1) is 25.3. The minimum Gasteiger partial charge on any atom is -0.507 e. The average Bonchev–Trinajstić information content (AvgIpc) is 2.78. The molecule has 2 aromatic rings. The van der Waals surface area contributed by atoms with Crippen LogP contribution in [0.1, 0.15) is 138 Å². The fraction of sp³-hybridized carbons (Fsp3) is 0.586. The number of hydrogen-bond acceptors (Lipinski definition) is 2. The van der Waals surface area contributed by atoms with Crippen LogP contribution < -0.4 is 0 Å². The zero-order chi connectivity index (χ0) is 23.3. The summed E-state index contributed by atoms with van der Waals surface area (Å²) in [7, 11) is 0. The first-order valence-electron chi connectivity index (χ1n) is 12.4. The summed E-state index contributed by atoms with van der Waals surface area (Å²) >= 11 is 0. The highest BCUT2D eigenvalue weighted by molar-refractivity contribution is 5.51. The van der Waals surface area contributed by atoms with Gasteiger partial charge in [-0.1, -0.05) is 79.7 Å². The summed E-state index contributed by atoms with van der Waals surface area (Å²) in [6, 6.07) is 8.81. The molecule has 0 aromatic heterocycles. The molecule has 0 bridgehead atoms. The standard InChI is InChI=1S/C29H44O2/c1-9-18(5)24-14-22(15-25(28(24)30)19(6)10-2)13-23-16-26(20(7)11-3)29(31)27(17-23)21(8)12-4/h14-21,30-31H,9-13H2,1-8H3. The molecule has 0 spiro atoms. The zero-order valence-corrected chi connectivity index (χ0v) is 21.0. The minimum atomic E-state index is 0.328. The molecule has 2 heteroatoms. The molecule has 0 heterocycles. The molecule has 0 saturated heterocycles. The van der Waals surface area contributed by atoms with Crippen LogP contribution in [-0.4, -0.2) is 10.2 Å². The van der Waals surface area contributed by atoms with Crippen molar-refractivity contribution in [2.45, 2.75) is 111 Å². The Kier molecular flexibility index (Phi) is 9.03. The number of phenols is 2. The van der Waals surface area contributed by atoms with E-state index in [9.17, 15) is 10.2 Å². The van der Waals surface area contributed by atoms with Crippen LogP contribution in [0.5, 0.6) is 11.5 Å². The molecule has 2 aromatic carbocycles. The van der Waals surface area contributed by atoms with Crippen molar-refractivity contribution in [1.82, 2.24) is 0 Å². The Hall–Kier alpha value is -1.96. The molecule has 2 nitrogen and oxygen atoms in total. The van der Waals surface area contributed by atoms with Crippen LogP contribution in [0.4, 0.5) is 0 Å². The molecule has 0 aliphatic carbocycles. The number of aromatic hydroxyl groups is 2. The maximum atomic E-state index is 11.0. The van der Waals surface area contributed by atoms with E-state index in [1.54, 1.807) is 0 Å². The molecule has 0 radical (unpaired) electrons. The lowest BCUT2D eigenvalue weighted by atomic mass is 9.85. The van der Waals surface area contributed by atoms with Gasteiger partial charge in [0.15, 0.2) is 0 Å². The van der Waals surface area contributed by atoms with Crippen LogP contribution >= 0.6 is 0 Å². The highest BCUT2D eigenvalue weighted by Crippen LogP contribution is 2.40. The Morgan fingerprint density at radius 3 is 0.935 bits per heavy atom. The van der Waals surface area contributed by atoms with Crippen LogP contribution in [0.15, 0.2) is 24.3 Å². The van der Waals surface area contributed by atoms with Gasteiger partial charge < -0.3 is 10.2 Å². The second-order valence-electron chi connectivity index (χ2n) is 9.66. The van der Waals surface area contributed by atoms with E-state index >= 15 is 0 Å². The summed E-state index contributed by atoms with van der Waals surface area (Å²) < 4.78 is 0. The molecule has 4 atom stereocenters. The summed E-state index contributed by atoms with van der Waals surface area (Å²) in [5.74, 6) is 2.28.